The molecule has 0 bridgehead atoms. The van der Waals surface area contributed by atoms with E-state index in [4.69, 9.17) is 4.98 Å². The molecule has 2 aliphatic heterocycles. The van der Waals surface area contributed by atoms with Gasteiger partial charge in [0.25, 0.3) is 0 Å². The Morgan fingerprint density at radius 1 is 1.16 bits per heavy atom. The molecule has 0 saturated carbocycles. The van der Waals surface area contributed by atoms with E-state index >= 15 is 0 Å². The predicted molar refractivity (Wildman–Crippen MR) is 77.5 cm³/mol. The van der Waals surface area contributed by atoms with Crippen molar-refractivity contribution in [3.05, 3.63) is 24.3 Å². The number of H-pyrrole nitrogens is 1. The lowest BCUT2D eigenvalue weighted by molar-refractivity contribution is 0.479. The van der Waals surface area contributed by atoms with Crippen LogP contribution >= 0.6 is 0 Å². The predicted octanol–water partition coefficient (Wildman–Crippen LogP) is 2.28. The van der Waals surface area contributed by atoms with E-state index in [9.17, 15) is 0 Å². The van der Waals surface area contributed by atoms with Crippen molar-refractivity contribution in [2.75, 3.05) is 18.0 Å². The highest BCUT2D eigenvalue weighted by Gasteiger charge is 2.34. The first-order chi connectivity index (χ1) is 9.42. The van der Waals surface area contributed by atoms with Gasteiger partial charge >= 0.3 is 0 Å². The minimum Gasteiger partial charge on any atom is -0.338 e. The van der Waals surface area contributed by atoms with Crippen molar-refractivity contribution in [3.8, 4) is 0 Å². The van der Waals surface area contributed by atoms with Gasteiger partial charge < -0.3 is 15.2 Å². The number of nitrogens with one attached hydrogen (secondary N) is 2. The highest BCUT2D eigenvalue weighted by atomic mass is 15.3. The van der Waals surface area contributed by atoms with Gasteiger partial charge in [-0.15, -0.1) is 0 Å². The van der Waals surface area contributed by atoms with Crippen molar-refractivity contribution in [1.82, 2.24) is 15.3 Å². The molecule has 2 aliphatic rings. The van der Waals surface area contributed by atoms with Crippen molar-refractivity contribution in [3.63, 3.8) is 0 Å². The molecule has 1 aromatic carbocycles. The van der Waals surface area contributed by atoms with E-state index in [0.717, 1.165) is 23.5 Å². The molecule has 3 heterocycles. The SMILES string of the molecule is c1ccc2[nH]c(N3CCCC3C3CCCN3)nc2c1. The number of aromatic amines is 1. The van der Waals surface area contributed by atoms with Crippen LogP contribution < -0.4 is 10.2 Å². The maximum atomic E-state index is 4.76. The molecule has 4 nitrogen and oxygen atoms in total. The first-order valence-corrected chi connectivity index (χ1v) is 7.36. The maximum absolute atomic E-state index is 4.76. The van der Waals surface area contributed by atoms with E-state index in [2.05, 4.69) is 33.4 Å². The quantitative estimate of drug-likeness (QED) is 0.866. The summed E-state index contributed by atoms with van der Waals surface area (Å²) in [5, 5.41) is 3.65. The molecule has 2 unspecified atom stereocenters. The van der Waals surface area contributed by atoms with Gasteiger partial charge in [0.05, 0.1) is 11.0 Å². The topological polar surface area (TPSA) is 44.0 Å². The Labute approximate surface area is 113 Å². The second kappa shape index (κ2) is 4.53. The number of anilines is 1. The normalized spacial score (nSPS) is 27.5. The van der Waals surface area contributed by atoms with Gasteiger partial charge in [0.1, 0.15) is 0 Å². The van der Waals surface area contributed by atoms with E-state index < -0.39 is 0 Å². The Balaban J connectivity index is 1.66. The summed E-state index contributed by atoms with van der Waals surface area (Å²) in [5.41, 5.74) is 2.21. The highest BCUT2D eigenvalue weighted by Crippen LogP contribution is 2.29. The second-order valence-electron chi connectivity index (χ2n) is 5.68. The van der Waals surface area contributed by atoms with Gasteiger partial charge in [-0.1, -0.05) is 12.1 Å². The monoisotopic (exact) mass is 256 g/mol. The number of hydrogen-bond donors (Lipinski definition) is 2. The summed E-state index contributed by atoms with van der Waals surface area (Å²) >= 11 is 0. The van der Waals surface area contributed by atoms with Gasteiger partial charge in [-0.3, -0.25) is 0 Å². The lowest BCUT2D eigenvalue weighted by Crippen LogP contribution is -2.44. The fraction of sp³-hybridized carbons (Fsp3) is 0.533. The number of benzene rings is 1. The van der Waals surface area contributed by atoms with Crippen LogP contribution in [0.1, 0.15) is 25.7 Å². The number of hydrogen-bond acceptors (Lipinski definition) is 3. The first-order valence-electron chi connectivity index (χ1n) is 7.36. The van der Waals surface area contributed by atoms with E-state index in [0.29, 0.717) is 12.1 Å². The van der Waals surface area contributed by atoms with Gasteiger partial charge in [-0.25, -0.2) is 4.98 Å². The third-order valence-corrected chi connectivity index (χ3v) is 4.51. The number of fused-ring (bicyclic) bond motifs is 1. The molecule has 0 radical (unpaired) electrons. The minimum absolute atomic E-state index is 0.614. The fourth-order valence-electron chi connectivity index (χ4n) is 3.59. The van der Waals surface area contributed by atoms with E-state index in [1.165, 1.54) is 32.2 Å². The average molecular weight is 256 g/mol. The third-order valence-electron chi connectivity index (χ3n) is 4.51. The lowest BCUT2D eigenvalue weighted by atomic mass is 10.0. The van der Waals surface area contributed by atoms with Crippen LogP contribution in [0.4, 0.5) is 5.95 Å². The molecule has 2 atom stereocenters. The van der Waals surface area contributed by atoms with E-state index in [1.807, 2.05) is 6.07 Å². The van der Waals surface area contributed by atoms with Gasteiger partial charge in [-0.2, -0.15) is 0 Å². The summed E-state index contributed by atoms with van der Waals surface area (Å²) in [6.45, 7) is 2.30. The average Bonchev–Trinajstić information content (AvgIpc) is 3.17. The summed E-state index contributed by atoms with van der Waals surface area (Å²) < 4.78 is 0. The second-order valence-corrected chi connectivity index (χ2v) is 5.68. The van der Waals surface area contributed by atoms with Gasteiger partial charge in [0.15, 0.2) is 0 Å². The number of aromatic nitrogens is 2. The number of nitrogens with zero attached hydrogens (tertiary/aromatic N) is 2. The summed E-state index contributed by atoms with van der Waals surface area (Å²) in [4.78, 5) is 10.7. The van der Waals surface area contributed by atoms with Crippen LogP contribution in [0.3, 0.4) is 0 Å². The molecule has 100 valence electrons. The van der Waals surface area contributed by atoms with Crippen LogP contribution in [0.5, 0.6) is 0 Å². The van der Waals surface area contributed by atoms with Crippen molar-refractivity contribution in [2.24, 2.45) is 0 Å². The van der Waals surface area contributed by atoms with Crippen molar-refractivity contribution in [2.45, 2.75) is 37.8 Å². The summed E-state index contributed by atoms with van der Waals surface area (Å²) in [7, 11) is 0. The van der Waals surface area contributed by atoms with E-state index in [-0.39, 0.29) is 0 Å². The summed E-state index contributed by atoms with van der Waals surface area (Å²) in [6, 6.07) is 9.55. The molecule has 0 spiro atoms. The number of rotatable bonds is 2. The lowest BCUT2D eigenvalue weighted by Gasteiger charge is -2.29. The van der Waals surface area contributed by atoms with Crippen LogP contribution in [0.25, 0.3) is 11.0 Å². The molecule has 2 aromatic rings. The largest absolute Gasteiger partial charge is 0.338 e. The maximum Gasteiger partial charge on any atom is 0.204 e. The van der Waals surface area contributed by atoms with Crippen LogP contribution in [0, 0.1) is 0 Å². The molecular weight excluding hydrogens is 236 g/mol. The Morgan fingerprint density at radius 2 is 2.11 bits per heavy atom. The molecule has 0 aliphatic carbocycles. The Hall–Kier alpha value is -1.55. The molecular formula is C15H20N4. The van der Waals surface area contributed by atoms with E-state index in [1.54, 1.807) is 0 Å². The van der Waals surface area contributed by atoms with Crippen molar-refractivity contribution >= 4 is 17.0 Å². The summed E-state index contributed by atoms with van der Waals surface area (Å²) in [6.07, 6.45) is 5.19. The number of imidazole rings is 1. The zero-order valence-corrected chi connectivity index (χ0v) is 11.1. The fourth-order valence-corrected chi connectivity index (χ4v) is 3.59. The molecule has 19 heavy (non-hydrogen) atoms. The molecule has 2 fully saturated rings. The highest BCUT2D eigenvalue weighted by molar-refractivity contribution is 5.77. The number of para-hydroxylation sites is 2. The van der Waals surface area contributed by atoms with Gasteiger partial charge in [0.2, 0.25) is 5.95 Å². The molecule has 2 saturated heterocycles. The molecule has 1 aromatic heterocycles. The van der Waals surface area contributed by atoms with Crippen molar-refractivity contribution < 1.29 is 0 Å². The Bertz CT molecular complexity index is 537. The zero-order valence-electron chi connectivity index (χ0n) is 11.1. The van der Waals surface area contributed by atoms with Crippen LogP contribution in [0.2, 0.25) is 0 Å². The van der Waals surface area contributed by atoms with Crippen LogP contribution in [-0.2, 0) is 0 Å². The Morgan fingerprint density at radius 3 is 2.95 bits per heavy atom. The van der Waals surface area contributed by atoms with Crippen LogP contribution in [-0.4, -0.2) is 35.1 Å². The standard InChI is InChI=1S/C15H20N4/c1-2-6-12-11(5-1)17-15(18-12)19-10-4-8-14(19)13-7-3-9-16-13/h1-2,5-6,13-14,16H,3-4,7-10H2,(H,17,18). The third kappa shape index (κ3) is 1.91. The summed E-state index contributed by atoms with van der Waals surface area (Å²) in [5.74, 6) is 1.05. The smallest absolute Gasteiger partial charge is 0.204 e. The zero-order chi connectivity index (χ0) is 12.7. The van der Waals surface area contributed by atoms with Crippen LogP contribution in [0.15, 0.2) is 24.3 Å². The Kier molecular flexibility index (Phi) is 2.69. The first kappa shape index (κ1) is 11.3. The molecule has 0 amide bonds. The van der Waals surface area contributed by atoms with Gasteiger partial charge in [0, 0.05) is 18.6 Å². The minimum atomic E-state index is 0.614. The van der Waals surface area contributed by atoms with Gasteiger partial charge in [-0.05, 0) is 44.4 Å². The van der Waals surface area contributed by atoms with Crippen molar-refractivity contribution in [1.29, 1.82) is 0 Å². The molecule has 4 heteroatoms. The molecule has 4 rings (SSSR count). The molecule has 2 N–H and O–H groups in total.